The zero-order valence-electron chi connectivity index (χ0n) is 14.8. The summed E-state index contributed by atoms with van der Waals surface area (Å²) in [7, 11) is 0. The van der Waals surface area contributed by atoms with Gasteiger partial charge in [0.25, 0.3) is 0 Å². The van der Waals surface area contributed by atoms with Gasteiger partial charge in [-0.2, -0.15) is 0 Å². The number of amides is 1. The molecule has 1 aliphatic rings. The highest BCUT2D eigenvalue weighted by Crippen LogP contribution is 2.26. The molecule has 2 aromatic rings. The van der Waals surface area contributed by atoms with Crippen molar-refractivity contribution >= 4 is 23.4 Å². The molecule has 4 heteroatoms. The Kier molecular flexibility index (Phi) is 6.03. The van der Waals surface area contributed by atoms with E-state index in [1.54, 1.807) is 11.8 Å². The molecule has 25 heavy (non-hydrogen) atoms. The third-order valence-corrected chi connectivity index (χ3v) is 5.54. The Labute approximate surface area is 154 Å². The van der Waals surface area contributed by atoms with Crippen LogP contribution in [0.1, 0.15) is 38.2 Å². The average molecular weight is 356 g/mol. The fraction of sp³-hybridized carbons (Fsp3) is 0.381. The van der Waals surface area contributed by atoms with Gasteiger partial charge in [0.05, 0.1) is 11.4 Å². The van der Waals surface area contributed by atoms with E-state index >= 15 is 0 Å². The van der Waals surface area contributed by atoms with Gasteiger partial charge in [-0.15, -0.1) is 11.8 Å². The van der Waals surface area contributed by atoms with Gasteiger partial charge < -0.3 is 10.1 Å². The molecule has 0 aromatic heterocycles. The maximum absolute atomic E-state index is 12.4. The summed E-state index contributed by atoms with van der Waals surface area (Å²) in [6.07, 6.45) is 5.16. The number of hydrogen-bond donors (Lipinski definition) is 1. The maximum atomic E-state index is 12.4. The largest absolute Gasteiger partial charge is 0.490 e. The first-order valence-electron chi connectivity index (χ1n) is 8.91. The minimum Gasteiger partial charge on any atom is -0.490 e. The first-order valence-corrected chi connectivity index (χ1v) is 9.79. The van der Waals surface area contributed by atoms with Crippen molar-refractivity contribution < 1.29 is 9.53 Å². The van der Waals surface area contributed by atoms with Gasteiger partial charge in [-0.25, -0.2) is 0 Å². The molecule has 1 amide bonds. The number of ether oxygens (including phenoxy) is 1. The van der Waals surface area contributed by atoms with Crippen LogP contribution in [-0.4, -0.2) is 17.3 Å². The molecule has 1 saturated carbocycles. The van der Waals surface area contributed by atoms with Crippen molar-refractivity contribution in [2.45, 2.75) is 55.8 Å². The van der Waals surface area contributed by atoms with Crippen LogP contribution >= 0.6 is 11.8 Å². The molecule has 1 atom stereocenters. The number of carbonyl (C=O) groups excluding carboxylic acids is 1. The van der Waals surface area contributed by atoms with Crippen molar-refractivity contribution in [2.24, 2.45) is 0 Å². The summed E-state index contributed by atoms with van der Waals surface area (Å²) in [5.74, 6) is 0.891. The fourth-order valence-corrected chi connectivity index (χ4v) is 3.80. The number of hydrogen-bond acceptors (Lipinski definition) is 3. The van der Waals surface area contributed by atoms with E-state index in [9.17, 15) is 4.79 Å². The molecule has 1 N–H and O–H groups in total. The Bertz CT molecular complexity index is 691. The second kappa shape index (κ2) is 8.43. The summed E-state index contributed by atoms with van der Waals surface area (Å²) >= 11 is 1.57. The molecular formula is C21H25NO2S. The third-order valence-electron chi connectivity index (χ3n) is 4.43. The lowest BCUT2D eigenvalue weighted by Gasteiger charge is -2.15. The number of anilines is 1. The predicted octanol–water partition coefficient (Wildman–Crippen LogP) is 5.44. The fourth-order valence-electron chi connectivity index (χ4n) is 2.93. The van der Waals surface area contributed by atoms with Crippen molar-refractivity contribution in [3.63, 3.8) is 0 Å². The normalized spacial score (nSPS) is 15.8. The quantitative estimate of drug-likeness (QED) is 0.702. The lowest BCUT2D eigenvalue weighted by molar-refractivity contribution is -0.115. The van der Waals surface area contributed by atoms with Gasteiger partial charge in [0.2, 0.25) is 5.91 Å². The maximum Gasteiger partial charge on any atom is 0.237 e. The van der Waals surface area contributed by atoms with Crippen LogP contribution in [0.25, 0.3) is 0 Å². The van der Waals surface area contributed by atoms with Crippen molar-refractivity contribution in [1.82, 2.24) is 0 Å². The van der Waals surface area contributed by atoms with E-state index in [1.165, 1.54) is 18.4 Å². The molecule has 0 aliphatic heterocycles. The number of benzene rings is 2. The molecule has 1 fully saturated rings. The first-order chi connectivity index (χ1) is 12.1. The molecule has 0 radical (unpaired) electrons. The molecular weight excluding hydrogens is 330 g/mol. The van der Waals surface area contributed by atoms with Crippen LogP contribution in [0.3, 0.4) is 0 Å². The van der Waals surface area contributed by atoms with Gasteiger partial charge in [0.15, 0.2) is 0 Å². The smallest absolute Gasteiger partial charge is 0.237 e. The Morgan fingerprint density at radius 3 is 2.36 bits per heavy atom. The van der Waals surface area contributed by atoms with Crippen LogP contribution in [-0.2, 0) is 4.79 Å². The van der Waals surface area contributed by atoms with Gasteiger partial charge in [0.1, 0.15) is 5.75 Å². The zero-order valence-corrected chi connectivity index (χ0v) is 15.6. The molecule has 1 aliphatic carbocycles. The molecule has 0 heterocycles. The van der Waals surface area contributed by atoms with Gasteiger partial charge >= 0.3 is 0 Å². The number of aryl methyl sites for hydroxylation is 1. The topological polar surface area (TPSA) is 38.3 Å². The van der Waals surface area contributed by atoms with Crippen molar-refractivity contribution in [3.05, 3.63) is 54.1 Å². The zero-order chi connectivity index (χ0) is 17.6. The van der Waals surface area contributed by atoms with Gasteiger partial charge in [-0.1, -0.05) is 17.7 Å². The molecule has 132 valence electrons. The molecule has 0 saturated heterocycles. The lowest BCUT2D eigenvalue weighted by Crippen LogP contribution is -2.22. The number of rotatable bonds is 6. The summed E-state index contributed by atoms with van der Waals surface area (Å²) in [4.78, 5) is 13.5. The third kappa shape index (κ3) is 5.27. The monoisotopic (exact) mass is 355 g/mol. The van der Waals surface area contributed by atoms with Crippen molar-refractivity contribution in [1.29, 1.82) is 0 Å². The number of carbonyl (C=O) groups is 1. The van der Waals surface area contributed by atoms with Crippen LogP contribution in [0.2, 0.25) is 0 Å². The van der Waals surface area contributed by atoms with E-state index < -0.39 is 0 Å². The van der Waals surface area contributed by atoms with Gasteiger partial charge in [-0.05, 0) is 75.9 Å². The Hall–Kier alpha value is -1.94. The number of nitrogens with one attached hydrogen (secondary N) is 1. The molecule has 2 aromatic carbocycles. The Morgan fingerprint density at radius 1 is 1.08 bits per heavy atom. The lowest BCUT2D eigenvalue weighted by atomic mass is 10.2. The first kappa shape index (κ1) is 17.9. The molecule has 0 unspecified atom stereocenters. The standard InChI is InChI=1S/C21H25NO2S/c1-15-7-13-20(14-8-15)25-16(2)21(23)22-17-9-11-19(12-10-17)24-18-5-3-4-6-18/h7-14,16,18H,3-6H2,1-2H3,(H,22,23)/t16-/m0/s1. The van der Waals surface area contributed by atoms with E-state index in [4.69, 9.17) is 4.74 Å². The summed E-state index contributed by atoms with van der Waals surface area (Å²) < 4.78 is 5.95. The SMILES string of the molecule is Cc1ccc(S[C@@H](C)C(=O)Nc2ccc(OC3CCCC3)cc2)cc1. The summed E-state index contributed by atoms with van der Waals surface area (Å²) in [6, 6.07) is 15.9. The molecule has 0 bridgehead atoms. The molecule has 3 rings (SSSR count). The highest BCUT2D eigenvalue weighted by atomic mass is 32.2. The summed E-state index contributed by atoms with van der Waals surface area (Å²) in [5.41, 5.74) is 2.03. The predicted molar refractivity (Wildman–Crippen MR) is 104 cm³/mol. The van der Waals surface area contributed by atoms with Crippen LogP contribution < -0.4 is 10.1 Å². The van der Waals surface area contributed by atoms with Crippen LogP contribution in [0.4, 0.5) is 5.69 Å². The minimum absolute atomic E-state index is 0.00929. The molecule has 3 nitrogen and oxygen atoms in total. The van der Waals surface area contributed by atoms with E-state index in [-0.39, 0.29) is 11.2 Å². The van der Waals surface area contributed by atoms with Crippen molar-refractivity contribution in [2.75, 3.05) is 5.32 Å². The van der Waals surface area contributed by atoms with Gasteiger partial charge in [0, 0.05) is 10.6 Å². The Balaban J connectivity index is 1.51. The van der Waals surface area contributed by atoms with E-state index in [2.05, 4.69) is 36.5 Å². The molecule has 0 spiro atoms. The highest BCUT2D eigenvalue weighted by Gasteiger charge is 2.17. The second-order valence-electron chi connectivity index (χ2n) is 6.61. The van der Waals surface area contributed by atoms with E-state index in [0.29, 0.717) is 6.10 Å². The van der Waals surface area contributed by atoms with Crippen LogP contribution in [0.15, 0.2) is 53.4 Å². The average Bonchev–Trinajstić information content (AvgIpc) is 3.11. The summed E-state index contributed by atoms with van der Waals surface area (Å²) in [6.45, 7) is 3.99. The van der Waals surface area contributed by atoms with Gasteiger partial charge in [-0.3, -0.25) is 4.79 Å². The van der Waals surface area contributed by atoms with E-state index in [0.717, 1.165) is 29.2 Å². The summed E-state index contributed by atoms with van der Waals surface area (Å²) in [5, 5.41) is 2.82. The van der Waals surface area contributed by atoms with Crippen molar-refractivity contribution in [3.8, 4) is 5.75 Å². The second-order valence-corrected chi connectivity index (χ2v) is 8.03. The Morgan fingerprint density at radius 2 is 1.72 bits per heavy atom. The number of thioether (sulfide) groups is 1. The minimum atomic E-state index is -0.155. The van der Waals surface area contributed by atoms with Crippen LogP contribution in [0, 0.1) is 6.92 Å². The van der Waals surface area contributed by atoms with Crippen LogP contribution in [0.5, 0.6) is 5.75 Å². The highest BCUT2D eigenvalue weighted by molar-refractivity contribution is 8.00. The van der Waals surface area contributed by atoms with E-state index in [1.807, 2.05) is 31.2 Å².